The van der Waals surface area contributed by atoms with Crippen LogP contribution >= 0.6 is 0 Å². The number of fused-ring (bicyclic) bond motifs is 1. The van der Waals surface area contributed by atoms with Crippen LogP contribution in [0.3, 0.4) is 0 Å². The first-order valence-electron chi connectivity index (χ1n) is 22.8. The van der Waals surface area contributed by atoms with Crippen molar-refractivity contribution in [2.45, 2.75) is 173 Å². The average Bonchev–Trinajstić information content (AvgIpc) is 3.93. The summed E-state index contributed by atoms with van der Waals surface area (Å²) < 4.78 is 0. The molecule has 17 heteroatoms. The molecule has 2 aromatic heterocycles. The van der Waals surface area contributed by atoms with Gasteiger partial charge in [0.2, 0.25) is 29.5 Å². The van der Waals surface area contributed by atoms with E-state index in [1.54, 1.807) is 6.20 Å². The minimum Gasteiger partial charge on any atom is -0.481 e. The maximum absolute atomic E-state index is 13.5. The zero-order valence-corrected chi connectivity index (χ0v) is 37.1. The quantitative estimate of drug-likeness (QED) is 0.0347. The van der Waals surface area contributed by atoms with Gasteiger partial charge in [-0.15, -0.1) is 0 Å². The van der Waals surface area contributed by atoms with Crippen molar-refractivity contribution < 1.29 is 43.8 Å². The van der Waals surface area contributed by atoms with Crippen LogP contribution in [0.2, 0.25) is 0 Å². The molecule has 0 aliphatic heterocycles. The lowest BCUT2D eigenvalue weighted by molar-refractivity contribution is -0.142. The van der Waals surface area contributed by atoms with Crippen LogP contribution in [0, 0.1) is 0 Å². The Morgan fingerprint density at radius 1 is 0.635 bits per heavy atom. The number of H-pyrrole nitrogens is 2. The van der Waals surface area contributed by atoms with Crippen molar-refractivity contribution in [3.8, 4) is 0 Å². The molecule has 0 aliphatic rings. The number of carboxylic acids is 2. The van der Waals surface area contributed by atoms with Gasteiger partial charge in [-0.1, -0.05) is 128 Å². The molecule has 4 atom stereocenters. The molecule has 0 saturated carbocycles. The minimum absolute atomic E-state index is 0.0550. The number of unbranched alkanes of at least 4 members (excludes halogenated alkanes) is 16. The number of aromatic amines is 2. The number of para-hydroxylation sites is 1. The molecule has 0 saturated heterocycles. The minimum atomic E-state index is -1.59. The van der Waals surface area contributed by atoms with E-state index in [1.807, 2.05) is 24.3 Å². The second-order valence-corrected chi connectivity index (χ2v) is 16.4. The zero-order chi connectivity index (χ0) is 45.8. The number of carbonyl (C=O) groups excluding carboxylic acids is 5. The predicted octanol–water partition coefficient (Wildman–Crippen LogP) is 5.35. The Morgan fingerprint density at radius 2 is 1.21 bits per heavy atom. The van der Waals surface area contributed by atoms with E-state index >= 15 is 0 Å². The van der Waals surface area contributed by atoms with Gasteiger partial charge in [-0.2, -0.15) is 0 Å². The van der Waals surface area contributed by atoms with Gasteiger partial charge in [0, 0.05) is 42.6 Å². The van der Waals surface area contributed by atoms with Crippen LogP contribution in [0.4, 0.5) is 0 Å². The van der Waals surface area contributed by atoms with E-state index in [2.05, 4.69) is 48.5 Å². The summed E-state index contributed by atoms with van der Waals surface area (Å²) in [5.74, 6) is -6.47. The molecule has 3 rings (SSSR count). The molecular weight excluding hydrogens is 809 g/mol. The second kappa shape index (κ2) is 29.5. The molecule has 63 heavy (non-hydrogen) atoms. The lowest BCUT2D eigenvalue weighted by atomic mass is 10.0. The number of benzene rings is 1. The molecule has 0 fully saturated rings. The van der Waals surface area contributed by atoms with Gasteiger partial charge in [0.05, 0.1) is 25.0 Å². The molecular formula is C46H70N8O9. The number of carboxylic acid groups (broad SMARTS) is 2. The Kier molecular flexibility index (Phi) is 24.2. The van der Waals surface area contributed by atoms with Crippen LogP contribution < -0.4 is 26.6 Å². The first-order valence-corrected chi connectivity index (χ1v) is 22.8. The number of carbonyl (C=O) groups is 7. The number of rotatable bonds is 34. The summed E-state index contributed by atoms with van der Waals surface area (Å²) in [6, 6.07) is 1.70. The largest absolute Gasteiger partial charge is 0.481 e. The molecule has 0 bridgehead atoms. The first kappa shape index (κ1) is 51.6. The Bertz CT molecular complexity index is 1860. The molecule has 17 nitrogen and oxygen atoms in total. The average molecular weight is 879 g/mol. The van der Waals surface area contributed by atoms with Gasteiger partial charge in [0.1, 0.15) is 24.2 Å². The summed E-state index contributed by atoms with van der Waals surface area (Å²) in [6.45, 7) is 3.07. The molecule has 3 aromatic rings. The fourth-order valence-electron chi connectivity index (χ4n) is 7.40. The zero-order valence-electron chi connectivity index (χ0n) is 37.1. The number of hydrogen-bond donors (Lipinski definition) is 9. The third kappa shape index (κ3) is 20.8. The highest BCUT2D eigenvalue weighted by Gasteiger charge is 2.31. The number of nitrogens with one attached hydrogen (secondary N) is 7. The first-order chi connectivity index (χ1) is 30.4. The standard InChI is InChI=1S/C46H70N8O9/c1-3-4-5-6-7-8-9-10-11-12-13-14-15-16-17-18-19-24-40(55)49-30-41(56)52-38(27-42(57)58)44(60)51-32(2)43(59)53-37(26-34-29-47-31-50-34)45(61)54-39(46(62)63)25-33-28-48-36-23-21-20-22-35(33)36/h20-23,28-29,31-32,37-39,48H,3-19,24-27,30H2,1-2H3,(H,47,50)(H,49,55)(H,51,60)(H,52,56)(H,53,59)(H,54,61)(H,57,58)(H,62,63)/t32-,37-,38-,39-/m0/s1. The smallest absolute Gasteiger partial charge is 0.326 e. The Labute approximate surface area is 370 Å². The molecule has 9 N–H and O–H groups in total. The van der Waals surface area contributed by atoms with Crippen LogP contribution in [0.15, 0.2) is 43.0 Å². The van der Waals surface area contributed by atoms with Crippen molar-refractivity contribution >= 4 is 52.4 Å². The molecule has 0 aliphatic carbocycles. The van der Waals surface area contributed by atoms with Gasteiger partial charge in [0.15, 0.2) is 0 Å². The normalized spacial score (nSPS) is 13.0. The van der Waals surface area contributed by atoms with E-state index in [0.717, 1.165) is 30.2 Å². The van der Waals surface area contributed by atoms with E-state index in [4.69, 9.17) is 0 Å². The number of aromatic nitrogens is 3. The third-order valence-electron chi connectivity index (χ3n) is 11.1. The van der Waals surface area contributed by atoms with E-state index in [1.165, 1.54) is 103 Å². The van der Waals surface area contributed by atoms with Crippen molar-refractivity contribution in [3.05, 3.63) is 54.2 Å². The van der Waals surface area contributed by atoms with Gasteiger partial charge < -0.3 is 46.8 Å². The monoisotopic (exact) mass is 879 g/mol. The topological polar surface area (TPSA) is 265 Å². The lowest BCUT2D eigenvalue weighted by Gasteiger charge is -2.24. The molecule has 1 aromatic carbocycles. The maximum Gasteiger partial charge on any atom is 0.326 e. The third-order valence-corrected chi connectivity index (χ3v) is 11.1. The number of imidazole rings is 1. The van der Waals surface area contributed by atoms with Crippen LogP contribution in [0.25, 0.3) is 10.9 Å². The highest BCUT2D eigenvalue weighted by molar-refractivity contribution is 5.96. The Balaban J connectivity index is 1.38. The maximum atomic E-state index is 13.5. The van der Waals surface area contributed by atoms with Gasteiger partial charge >= 0.3 is 11.9 Å². The predicted molar refractivity (Wildman–Crippen MR) is 239 cm³/mol. The van der Waals surface area contributed by atoms with E-state index in [0.29, 0.717) is 17.7 Å². The van der Waals surface area contributed by atoms with Crippen molar-refractivity contribution in [1.82, 2.24) is 41.5 Å². The number of aliphatic carboxylic acids is 2. The molecule has 2 heterocycles. The van der Waals surface area contributed by atoms with Crippen LogP contribution in [0.1, 0.15) is 147 Å². The fourth-order valence-corrected chi connectivity index (χ4v) is 7.40. The Morgan fingerprint density at radius 3 is 1.78 bits per heavy atom. The van der Waals surface area contributed by atoms with Gasteiger partial charge in [-0.25, -0.2) is 9.78 Å². The van der Waals surface area contributed by atoms with Crippen molar-refractivity contribution in [3.63, 3.8) is 0 Å². The SMILES string of the molecule is CCCCCCCCCCCCCCCCCCCC(=O)NCC(=O)N[C@@H](CC(=O)O)C(=O)N[C@@H](C)C(=O)N[C@@H](Cc1c[nH]cn1)C(=O)N[C@@H](Cc1c[nH]c2ccccc12)C(=O)O. The fraction of sp³-hybridized carbons (Fsp3) is 0.609. The molecule has 0 unspecified atom stereocenters. The van der Waals surface area contributed by atoms with Gasteiger partial charge in [-0.3, -0.25) is 28.8 Å². The number of amides is 5. The summed E-state index contributed by atoms with van der Waals surface area (Å²) in [5, 5.41) is 32.4. The van der Waals surface area contributed by atoms with Crippen molar-refractivity contribution in [2.75, 3.05) is 6.54 Å². The van der Waals surface area contributed by atoms with Crippen LogP contribution in [-0.2, 0) is 46.4 Å². The highest BCUT2D eigenvalue weighted by Crippen LogP contribution is 2.20. The summed E-state index contributed by atoms with van der Waals surface area (Å²) in [5.41, 5.74) is 1.84. The Hall–Kier alpha value is -5.74. The van der Waals surface area contributed by atoms with Gasteiger partial charge in [-0.05, 0) is 25.0 Å². The summed E-state index contributed by atoms with van der Waals surface area (Å²) in [4.78, 5) is 99.0. The molecule has 348 valence electrons. The van der Waals surface area contributed by atoms with Crippen LogP contribution in [0.5, 0.6) is 0 Å². The van der Waals surface area contributed by atoms with E-state index in [9.17, 15) is 43.8 Å². The number of hydrogen-bond acceptors (Lipinski definition) is 8. The highest BCUT2D eigenvalue weighted by atomic mass is 16.4. The van der Waals surface area contributed by atoms with Gasteiger partial charge in [0.25, 0.3) is 0 Å². The van der Waals surface area contributed by atoms with Crippen molar-refractivity contribution in [2.24, 2.45) is 0 Å². The summed E-state index contributed by atoms with van der Waals surface area (Å²) in [6.07, 6.45) is 24.6. The van der Waals surface area contributed by atoms with E-state index in [-0.39, 0.29) is 25.2 Å². The summed E-state index contributed by atoms with van der Waals surface area (Å²) in [7, 11) is 0. The number of nitrogens with zero attached hydrogens (tertiary/aromatic N) is 1. The van der Waals surface area contributed by atoms with Crippen LogP contribution in [-0.4, -0.2) is 97.4 Å². The molecule has 5 amide bonds. The summed E-state index contributed by atoms with van der Waals surface area (Å²) >= 11 is 0. The molecule has 0 spiro atoms. The lowest BCUT2D eigenvalue weighted by Crippen LogP contribution is -2.58. The van der Waals surface area contributed by atoms with Crippen molar-refractivity contribution in [1.29, 1.82) is 0 Å². The second-order valence-electron chi connectivity index (χ2n) is 16.4. The van der Waals surface area contributed by atoms with E-state index < -0.39 is 72.7 Å². The molecule has 0 radical (unpaired) electrons.